The first kappa shape index (κ1) is 18.9. The molecule has 4 aromatic rings. The fraction of sp³-hybridized carbons (Fsp3) is 0.150. The van der Waals surface area contributed by atoms with Crippen LogP contribution in [-0.4, -0.2) is 34.9 Å². The lowest BCUT2D eigenvalue weighted by molar-refractivity contribution is 0.1000. The number of aryl methyl sites for hydroxylation is 1. The summed E-state index contributed by atoms with van der Waals surface area (Å²) in [6, 6.07) is 11.5. The second kappa shape index (κ2) is 6.56. The summed E-state index contributed by atoms with van der Waals surface area (Å²) in [6.07, 6.45) is 2.70. The van der Waals surface area contributed by atoms with E-state index in [0.717, 1.165) is 11.8 Å². The van der Waals surface area contributed by atoms with Crippen LogP contribution in [0.3, 0.4) is 0 Å². The van der Waals surface area contributed by atoms with Gasteiger partial charge in [0.25, 0.3) is 5.56 Å². The molecule has 0 radical (unpaired) electrons. The first-order valence-electron chi connectivity index (χ1n) is 8.74. The maximum Gasteiger partial charge on any atom is 0.291 e. The van der Waals surface area contributed by atoms with Crippen molar-refractivity contribution in [1.82, 2.24) is 14.3 Å². The van der Waals surface area contributed by atoms with Gasteiger partial charge in [0.2, 0.25) is 5.91 Å². The van der Waals surface area contributed by atoms with E-state index in [2.05, 4.69) is 5.10 Å². The Labute approximate surface area is 166 Å². The van der Waals surface area contributed by atoms with Crippen molar-refractivity contribution in [2.24, 2.45) is 12.8 Å². The van der Waals surface area contributed by atoms with Crippen LogP contribution in [0.4, 0.5) is 0 Å². The van der Waals surface area contributed by atoms with Crippen molar-refractivity contribution in [3.63, 3.8) is 0 Å². The number of hydrogen-bond donors (Lipinski definition) is 1. The lowest BCUT2D eigenvalue weighted by atomic mass is 10.1. The van der Waals surface area contributed by atoms with E-state index in [9.17, 15) is 18.0 Å². The molecule has 0 saturated heterocycles. The molecule has 0 fully saturated rings. The number of aromatic nitrogens is 3. The summed E-state index contributed by atoms with van der Waals surface area (Å²) in [7, 11) is -1.62. The van der Waals surface area contributed by atoms with Gasteiger partial charge in [-0.2, -0.15) is 5.10 Å². The minimum absolute atomic E-state index is 0.173. The highest BCUT2D eigenvalue weighted by atomic mass is 32.2. The summed E-state index contributed by atoms with van der Waals surface area (Å²) in [4.78, 5) is 24.7. The van der Waals surface area contributed by atoms with Crippen LogP contribution in [-0.2, 0) is 23.4 Å². The van der Waals surface area contributed by atoms with Gasteiger partial charge in [-0.15, -0.1) is 0 Å². The first-order valence-corrected chi connectivity index (χ1v) is 10.6. The fourth-order valence-electron chi connectivity index (χ4n) is 3.48. The van der Waals surface area contributed by atoms with E-state index in [1.807, 2.05) is 0 Å². The molecular formula is C20H18N4O4S. The number of nitrogens with two attached hydrogens (primary N) is 1. The molecule has 0 unspecified atom stereocenters. The van der Waals surface area contributed by atoms with Crippen LogP contribution in [0, 0.1) is 0 Å². The Kier molecular flexibility index (Phi) is 4.27. The fourth-order valence-corrected chi connectivity index (χ4v) is 4.13. The maximum absolute atomic E-state index is 13.1. The van der Waals surface area contributed by atoms with Crippen molar-refractivity contribution in [3.05, 3.63) is 70.1 Å². The van der Waals surface area contributed by atoms with Gasteiger partial charge in [-0.1, -0.05) is 12.1 Å². The number of rotatable bonds is 4. The van der Waals surface area contributed by atoms with Crippen molar-refractivity contribution in [2.75, 3.05) is 6.26 Å². The number of carbonyl (C=O) groups is 1. The molecule has 0 spiro atoms. The first-order chi connectivity index (χ1) is 13.7. The summed E-state index contributed by atoms with van der Waals surface area (Å²) in [5.41, 5.74) is 7.23. The summed E-state index contributed by atoms with van der Waals surface area (Å²) < 4.78 is 26.8. The zero-order valence-corrected chi connectivity index (χ0v) is 16.6. The zero-order chi connectivity index (χ0) is 20.9. The molecule has 2 aromatic heterocycles. The van der Waals surface area contributed by atoms with E-state index in [1.54, 1.807) is 54.2 Å². The molecule has 0 aliphatic carbocycles. The van der Waals surface area contributed by atoms with Gasteiger partial charge in [-0.05, 0) is 35.9 Å². The Morgan fingerprint density at radius 1 is 1.14 bits per heavy atom. The van der Waals surface area contributed by atoms with Crippen LogP contribution >= 0.6 is 0 Å². The number of benzene rings is 2. The number of amides is 1. The molecule has 0 aliphatic heterocycles. The molecule has 148 valence electrons. The van der Waals surface area contributed by atoms with Gasteiger partial charge in [0.15, 0.2) is 9.84 Å². The molecule has 0 atom stereocenters. The van der Waals surface area contributed by atoms with Crippen LogP contribution in [0.2, 0.25) is 0 Å². The Bertz CT molecular complexity index is 1470. The largest absolute Gasteiger partial charge is 0.366 e. The van der Waals surface area contributed by atoms with E-state index >= 15 is 0 Å². The Morgan fingerprint density at radius 3 is 2.59 bits per heavy atom. The Morgan fingerprint density at radius 2 is 1.90 bits per heavy atom. The number of hydrogen-bond acceptors (Lipinski definition) is 5. The Hall–Kier alpha value is -3.46. The highest BCUT2D eigenvalue weighted by molar-refractivity contribution is 7.90. The molecule has 2 heterocycles. The molecule has 0 bridgehead atoms. The summed E-state index contributed by atoms with van der Waals surface area (Å²) in [5.74, 6) is -0.544. The van der Waals surface area contributed by atoms with Crippen molar-refractivity contribution >= 4 is 37.6 Å². The summed E-state index contributed by atoms with van der Waals surface area (Å²) in [5, 5.41) is 5.49. The lowest BCUT2D eigenvalue weighted by Gasteiger charge is -2.06. The minimum atomic E-state index is -3.37. The van der Waals surface area contributed by atoms with Gasteiger partial charge in [-0.3, -0.25) is 9.59 Å². The smallest absolute Gasteiger partial charge is 0.291 e. The molecule has 0 aliphatic rings. The Balaban J connectivity index is 1.89. The topological polar surface area (TPSA) is 117 Å². The van der Waals surface area contributed by atoms with Gasteiger partial charge >= 0.3 is 0 Å². The molecule has 2 aromatic carbocycles. The monoisotopic (exact) mass is 410 g/mol. The molecular weight excluding hydrogens is 392 g/mol. The molecule has 4 rings (SSSR count). The summed E-state index contributed by atoms with van der Waals surface area (Å²) in [6.45, 7) is 0.173. The number of nitrogens with zero attached hydrogens (tertiary/aromatic N) is 3. The number of fused-ring (bicyclic) bond motifs is 3. The lowest BCUT2D eigenvalue weighted by Crippen LogP contribution is -2.24. The van der Waals surface area contributed by atoms with Gasteiger partial charge in [0.05, 0.1) is 17.6 Å². The minimum Gasteiger partial charge on any atom is -0.366 e. The van der Waals surface area contributed by atoms with Gasteiger partial charge in [-0.25, -0.2) is 13.1 Å². The highest BCUT2D eigenvalue weighted by Gasteiger charge is 2.17. The third-order valence-electron chi connectivity index (χ3n) is 4.95. The third-order valence-corrected chi connectivity index (χ3v) is 6.06. The zero-order valence-electron chi connectivity index (χ0n) is 15.8. The molecule has 2 N–H and O–H groups in total. The number of primary amides is 1. The average molecular weight is 410 g/mol. The predicted octanol–water partition coefficient (Wildman–Crippen LogP) is 1.44. The van der Waals surface area contributed by atoms with Crippen LogP contribution in [0.25, 0.3) is 21.8 Å². The van der Waals surface area contributed by atoms with E-state index in [1.165, 1.54) is 10.7 Å². The SMILES string of the molecule is Cn1c2ccc(S(C)(=O)=O)cc2c2cnn(Cc3cccc(C(N)=O)c3)c(=O)c21. The predicted molar refractivity (Wildman–Crippen MR) is 110 cm³/mol. The molecule has 1 amide bonds. The third kappa shape index (κ3) is 3.19. The quantitative estimate of drug-likeness (QED) is 0.546. The van der Waals surface area contributed by atoms with Gasteiger partial charge in [0, 0.05) is 35.2 Å². The highest BCUT2D eigenvalue weighted by Crippen LogP contribution is 2.27. The average Bonchev–Trinajstić information content (AvgIpc) is 2.96. The van der Waals surface area contributed by atoms with Crippen LogP contribution in [0.15, 0.2) is 58.4 Å². The van der Waals surface area contributed by atoms with Crippen LogP contribution in [0.5, 0.6) is 0 Å². The molecule has 8 nitrogen and oxygen atoms in total. The standard InChI is InChI=1S/C20H18N4O4S/c1-23-17-7-6-14(29(2,27)28)9-15(17)16-10-22-24(20(26)18(16)23)11-12-4-3-5-13(8-12)19(21)25/h3-10H,11H2,1-2H3,(H2,21,25). The second-order valence-corrected chi connectivity index (χ2v) is 8.96. The number of carbonyl (C=O) groups excluding carboxylic acids is 1. The van der Waals surface area contributed by atoms with Gasteiger partial charge < -0.3 is 10.3 Å². The normalized spacial score (nSPS) is 11.9. The van der Waals surface area contributed by atoms with E-state index < -0.39 is 15.7 Å². The van der Waals surface area contributed by atoms with Crippen molar-refractivity contribution in [2.45, 2.75) is 11.4 Å². The van der Waals surface area contributed by atoms with E-state index in [4.69, 9.17) is 5.73 Å². The van der Waals surface area contributed by atoms with Crippen molar-refractivity contribution < 1.29 is 13.2 Å². The maximum atomic E-state index is 13.1. The second-order valence-electron chi connectivity index (χ2n) is 6.94. The summed E-state index contributed by atoms with van der Waals surface area (Å²) >= 11 is 0. The van der Waals surface area contributed by atoms with E-state index in [-0.39, 0.29) is 17.0 Å². The molecule has 9 heteroatoms. The van der Waals surface area contributed by atoms with Gasteiger partial charge in [0.1, 0.15) is 5.52 Å². The molecule has 0 saturated carbocycles. The van der Waals surface area contributed by atoms with Crippen molar-refractivity contribution in [1.29, 1.82) is 0 Å². The molecule has 29 heavy (non-hydrogen) atoms. The van der Waals surface area contributed by atoms with E-state index in [0.29, 0.717) is 27.4 Å². The van der Waals surface area contributed by atoms with Crippen LogP contribution < -0.4 is 11.3 Å². The van der Waals surface area contributed by atoms with Crippen molar-refractivity contribution in [3.8, 4) is 0 Å². The number of sulfone groups is 1. The van der Waals surface area contributed by atoms with Crippen LogP contribution in [0.1, 0.15) is 15.9 Å².